The van der Waals surface area contributed by atoms with Crippen LogP contribution in [0.25, 0.3) is 0 Å². The normalized spacial score (nSPS) is 14.3. The number of nitrogens with one attached hydrogen (secondary N) is 2. The molecule has 1 aliphatic carbocycles. The number of rotatable bonds is 8. The molecule has 0 unspecified atom stereocenters. The van der Waals surface area contributed by atoms with E-state index in [0.29, 0.717) is 11.3 Å². The molecule has 0 spiro atoms. The number of carbonyl (C=O) groups is 3. The Balaban J connectivity index is 1.72. The molecular weight excluding hydrogens is 454 g/mol. The van der Waals surface area contributed by atoms with Crippen molar-refractivity contribution in [2.24, 2.45) is 0 Å². The molecule has 2 aromatic carbocycles. The maximum absolute atomic E-state index is 13.8. The summed E-state index contributed by atoms with van der Waals surface area (Å²) in [6.07, 6.45) is 5.43. The van der Waals surface area contributed by atoms with Gasteiger partial charge in [-0.2, -0.15) is 0 Å². The van der Waals surface area contributed by atoms with Crippen LogP contribution in [0.1, 0.15) is 64.5 Å². The van der Waals surface area contributed by atoms with E-state index in [0.717, 1.165) is 42.4 Å². The van der Waals surface area contributed by atoms with Crippen molar-refractivity contribution in [3.05, 3.63) is 88.9 Å². The van der Waals surface area contributed by atoms with Gasteiger partial charge in [0, 0.05) is 11.7 Å². The van der Waals surface area contributed by atoms with Gasteiger partial charge in [0.15, 0.2) is 5.76 Å². The van der Waals surface area contributed by atoms with Crippen LogP contribution in [-0.4, -0.2) is 30.3 Å². The van der Waals surface area contributed by atoms with E-state index in [1.165, 1.54) is 17.2 Å². The fraction of sp³-hybridized carbons (Fsp3) is 0.345. The first kappa shape index (κ1) is 25.2. The number of benzene rings is 2. The van der Waals surface area contributed by atoms with Crippen LogP contribution in [0, 0.1) is 20.8 Å². The zero-order valence-corrected chi connectivity index (χ0v) is 21.0. The lowest BCUT2D eigenvalue weighted by molar-refractivity contribution is -0.126. The van der Waals surface area contributed by atoms with E-state index in [9.17, 15) is 14.4 Å². The highest BCUT2D eigenvalue weighted by atomic mass is 16.3. The summed E-state index contributed by atoms with van der Waals surface area (Å²) in [6.45, 7) is 5.61. The van der Waals surface area contributed by atoms with Gasteiger partial charge < -0.3 is 15.1 Å². The third-order valence-electron chi connectivity index (χ3n) is 6.85. The molecule has 7 nitrogen and oxygen atoms in total. The van der Waals surface area contributed by atoms with E-state index in [1.807, 2.05) is 63.2 Å². The molecular formula is C29H33N3O4. The first-order valence-electron chi connectivity index (χ1n) is 12.4. The molecule has 1 atom stereocenters. The van der Waals surface area contributed by atoms with E-state index in [1.54, 1.807) is 6.07 Å². The largest absolute Gasteiger partial charge is 0.459 e. The van der Waals surface area contributed by atoms with Gasteiger partial charge in [0.25, 0.3) is 5.91 Å². The van der Waals surface area contributed by atoms with E-state index >= 15 is 0 Å². The van der Waals surface area contributed by atoms with E-state index < -0.39 is 17.9 Å². The molecule has 0 bridgehead atoms. The Morgan fingerprint density at radius 1 is 0.972 bits per heavy atom. The fourth-order valence-electron chi connectivity index (χ4n) is 4.67. The lowest BCUT2D eigenvalue weighted by Crippen LogP contribution is -2.49. The van der Waals surface area contributed by atoms with Crippen molar-refractivity contribution in [3.8, 4) is 0 Å². The second-order valence-electron chi connectivity index (χ2n) is 9.45. The number of carbonyl (C=O) groups excluding carboxylic acids is 3. The average Bonchev–Trinajstić information content (AvgIpc) is 3.58. The lowest BCUT2D eigenvalue weighted by Gasteiger charge is -2.33. The molecule has 1 aromatic heterocycles. The van der Waals surface area contributed by atoms with Crippen LogP contribution in [0.15, 0.2) is 65.3 Å². The van der Waals surface area contributed by atoms with Crippen molar-refractivity contribution >= 4 is 23.4 Å². The number of amides is 3. The monoisotopic (exact) mass is 487 g/mol. The van der Waals surface area contributed by atoms with Crippen molar-refractivity contribution in [3.63, 3.8) is 0 Å². The molecule has 2 N–H and O–H groups in total. The second kappa shape index (κ2) is 11.2. The van der Waals surface area contributed by atoms with Crippen molar-refractivity contribution in [2.45, 2.75) is 58.5 Å². The van der Waals surface area contributed by atoms with E-state index in [-0.39, 0.29) is 24.3 Å². The molecule has 1 aliphatic rings. The van der Waals surface area contributed by atoms with Gasteiger partial charge in [0.05, 0.1) is 12.8 Å². The highest BCUT2D eigenvalue weighted by Crippen LogP contribution is 2.32. The zero-order valence-electron chi connectivity index (χ0n) is 21.0. The van der Waals surface area contributed by atoms with Gasteiger partial charge in [-0.25, -0.2) is 0 Å². The number of hydrogen-bond donors (Lipinski definition) is 2. The van der Waals surface area contributed by atoms with Crippen LogP contribution in [0.3, 0.4) is 0 Å². The van der Waals surface area contributed by atoms with Crippen LogP contribution in [0.4, 0.5) is 5.69 Å². The topological polar surface area (TPSA) is 91.7 Å². The molecule has 1 saturated carbocycles. The number of hydrogen-bond acceptors (Lipinski definition) is 4. The van der Waals surface area contributed by atoms with Gasteiger partial charge in [0.2, 0.25) is 11.8 Å². The van der Waals surface area contributed by atoms with Gasteiger partial charge >= 0.3 is 0 Å². The van der Waals surface area contributed by atoms with Crippen LogP contribution >= 0.6 is 0 Å². The van der Waals surface area contributed by atoms with Gasteiger partial charge in [-0.05, 0) is 68.5 Å². The summed E-state index contributed by atoms with van der Waals surface area (Å²) in [5.74, 6) is -0.986. The molecule has 36 heavy (non-hydrogen) atoms. The Morgan fingerprint density at radius 3 is 2.36 bits per heavy atom. The summed E-state index contributed by atoms with van der Waals surface area (Å²) < 4.78 is 5.15. The highest BCUT2D eigenvalue weighted by molar-refractivity contribution is 6.04. The molecule has 3 aromatic rings. The Morgan fingerprint density at radius 2 is 1.69 bits per heavy atom. The summed E-state index contributed by atoms with van der Waals surface area (Å²) >= 11 is 0. The quantitative estimate of drug-likeness (QED) is 0.479. The number of furan rings is 1. The lowest BCUT2D eigenvalue weighted by atomic mass is 9.99. The number of anilines is 1. The van der Waals surface area contributed by atoms with Gasteiger partial charge in [-0.15, -0.1) is 0 Å². The molecule has 1 heterocycles. The molecule has 0 aliphatic heterocycles. The number of nitrogens with zero attached hydrogens (tertiary/aromatic N) is 1. The minimum atomic E-state index is -0.889. The Bertz CT molecular complexity index is 1210. The van der Waals surface area contributed by atoms with Gasteiger partial charge in [-0.1, -0.05) is 54.8 Å². The minimum absolute atomic E-state index is 0.0969. The molecule has 1 fully saturated rings. The Labute approximate surface area is 211 Å². The van der Waals surface area contributed by atoms with Gasteiger partial charge in [-0.3, -0.25) is 19.3 Å². The third kappa shape index (κ3) is 5.67. The molecule has 0 saturated heterocycles. The van der Waals surface area contributed by atoms with Crippen molar-refractivity contribution in [2.75, 3.05) is 11.4 Å². The molecule has 7 heteroatoms. The minimum Gasteiger partial charge on any atom is -0.459 e. The molecule has 4 rings (SSSR count). The second-order valence-corrected chi connectivity index (χ2v) is 9.45. The summed E-state index contributed by atoms with van der Waals surface area (Å²) in [4.78, 5) is 41.6. The van der Waals surface area contributed by atoms with Crippen LogP contribution in [0.5, 0.6) is 0 Å². The van der Waals surface area contributed by atoms with Crippen molar-refractivity contribution < 1.29 is 18.8 Å². The molecule has 0 radical (unpaired) electrons. The molecule has 188 valence electrons. The first-order valence-corrected chi connectivity index (χ1v) is 12.4. The summed E-state index contributed by atoms with van der Waals surface area (Å²) in [5.41, 5.74) is 4.31. The maximum Gasteiger partial charge on any atom is 0.287 e. The molecule has 3 amide bonds. The first-order chi connectivity index (χ1) is 17.3. The predicted octanol–water partition coefficient (Wildman–Crippen LogP) is 4.77. The summed E-state index contributed by atoms with van der Waals surface area (Å²) in [7, 11) is 0. The third-order valence-corrected chi connectivity index (χ3v) is 6.85. The Hall–Kier alpha value is -3.87. The van der Waals surface area contributed by atoms with Crippen LogP contribution in [-0.2, 0) is 9.59 Å². The predicted molar refractivity (Wildman–Crippen MR) is 139 cm³/mol. The fourth-order valence-corrected chi connectivity index (χ4v) is 4.67. The smallest absolute Gasteiger partial charge is 0.287 e. The standard InChI is InChI=1S/C29H33N3O4/c1-19-13-15-22(16-14-19)27(29(35)31-23-9-4-5-10-23)32(24-11-6-8-20(2)21(24)3)26(33)18-30-28(34)25-12-7-17-36-25/h6-8,11-17,23,27H,4-5,9-10,18H2,1-3H3,(H,30,34)(H,31,35)/t27-/m0/s1. The average molecular weight is 488 g/mol. The maximum atomic E-state index is 13.8. The number of aryl methyl sites for hydroxylation is 2. The highest BCUT2D eigenvalue weighted by Gasteiger charge is 2.35. The SMILES string of the molecule is Cc1ccc([C@@H](C(=O)NC2CCCC2)N(C(=O)CNC(=O)c2ccco2)c2cccc(C)c2C)cc1. The summed E-state index contributed by atoms with van der Waals surface area (Å²) in [6, 6.07) is 15.7. The Kier molecular flexibility index (Phi) is 7.88. The van der Waals surface area contributed by atoms with Crippen molar-refractivity contribution in [1.82, 2.24) is 10.6 Å². The van der Waals surface area contributed by atoms with E-state index in [2.05, 4.69) is 10.6 Å². The van der Waals surface area contributed by atoms with E-state index in [4.69, 9.17) is 4.42 Å². The van der Waals surface area contributed by atoms with Crippen LogP contribution in [0.2, 0.25) is 0 Å². The van der Waals surface area contributed by atoms with Crippen LogP contribution < -0.4 is 15.5 Å². The van der Waals surface area contributed by atoms with Gasteiger partial charge in [0.1, 0.15) is 6.04 Å². The zero-order chi connectivity index (χ0) is 25.7. The summed E-state index contributed by atoms with van der Waals surface area (Å²) in [5, 5.41) is 5.82. The van der Waals surface area contributed by atoms with Crippen molar-refractivity contribution in [1.29, 1.82) is 0 Å².